The van der Waals surface area contributed by atoms with Crippen LogP contribution in [0.3, 0.4) is 0 Å². The van der Waals surface area contributed by atoms with Gasteiger partial charge in [-0.15, -0.1) is 0 Å². The van der Waals surface area contributed by atoms with Crippen LogP contribution in [-0.4, -0.2) is 23.6 Å². The lowest BCUT2D eigenvalue weighted by Gasteiger charge is -2.21. The van der Waals surface area contributed by atoms with Gasteiger partial charge in [0.05, 0.1) is 17.8 Å². The first-order chi connectivity index (χ1) is 10.7. The second kappa shape index (κ2) is 6.47. The predicted molar refractivity (Wildman–Crippen MR) is 84.6 cm³/mol. The molecule has 0 aliphatic rings. The van der Waals surface area contributed by atoms with Crippen LogP contribution in [0.2, 0.25) is 5.02 Å². The van der Waals surface area contributed by atoms with Gasteiger partial charge in [-0.2, -0.15) is 0 Å². The van der Waals surface area contributed by atoms with Crippen molar-refractivity contribution in [2.75, 3.05) is 13.7 Å². The van der Waals surface area contributed by atoms with Gasteiger partial charge in [0, 0.05) is 10.5 Å². The predicted octanol–water partition coefficient (Wildman–Crippen LogP) is 3.00. The lowest BCUT2D eigenvalue weighted by atomic mass is 9.97. The van der Waals surface area contributed by atoms with E-state index in [1.165, 1.54) is 32.2 Å². The summed E-state index contributed by atoms with van der Waals surface area (Å²) in [6, 6.07) is 7.30. The van der Waals surface area contributed by atoms with Crippen molar-refractivity contribution >= 4 is 11.6 Å². The van der Waals surface area contributed by atoms with E-state index in [9.17, 15) is 14.5 Å². The van der Waals surface area contributed by atoms with Crippen LogP contribution < -0.4 is 10.5 Å². The van der Waals surface area contributed by atoms with Gasteiger partial charge in [0.15, 0.2) is 0 Å². The lowest BCUT2D eigenvalue weighted by molar-refractivity contribution is -0.490. The van der Waals surface area contributed by atoms with Crippen molar-refractivity contribution in [3.8, 4) is 17.0 Å². The van der Waals surface area contributed by atoms with Crippen LogP contribution in [-0.2, 0) is 5.54 Å². The Morgan fingerprint density at radius 1 is 1.43 bits per heavy atom. The Morgan fingerprint density at radius 3 is 2.70 bits per heavy atom. The van der Waals surface area contributed by atoms with Crippen molar-refractivity contribution < 1.29 is 14.1 Å². The Morgan fingerprint density at radius 2 is 2.13 bits per heavy atom. The van der Waals surface area contributed by atoms with Crippen LogP contribution in [0, 0.1) is 15.9 Å². The molecule has 0 aliphatic carbocycles. The second-order valence-electron chi connectivity index (χ2n) is 5.28. The van der Waals surface area contributed by atoms with Gasteiger partial charge < -0.3 is 10.5 Å². The van der Waals surface area contributed by atoms with E-state index in [4.69, 9.17) is 22.1 Å². The van der Waals surface area contributed by atoms with E-state index in [0.29, 0.717) is 22.7 Å². The fourth-order valence-corrected chi connectivity index (χ4v) is 2.31. The molecule has 1 unspecified atom stereocenters. The number of rotatable bonds is 5. The first kappa shape index (κ1) is 17.1. The average molecular weight is 340 g/mol. The SMILES string of the molecule is COc1ccc(C(C)(N)C[N+](=O)[O-])nc1-c1ccc(F)c(Cl)c1. The minimum absolute atomic E-state index is 0.0578. The van der Waals surface area contributed by atoms with Crippen molar-refractivity contribution in [1.29, 1.82) is 0 Å². The maximum Gasteiger partial charge on any atom is 0.227 e. The van der Waals surface area contributed by atoms with E-state index < -0.39 is 22.8 Å². The highest BCUT2D eigenvalue weighted by Crippen LogP contribution is 2.32. The van der Waals surface area contributed by atoms with Crippen molar-refractivity contribution in [2.45, 2.75) is 12.5 Å². The summed E-state index contributed by atoms with van der Waals surface area (Å²) in [5, 5.41) is 10.7. The van der Waals surface area contributed by atoms with E-state index in [2.05, 4.69) is 4.98 Å². The molecule has 2 rings (SSSR count). The molecule has 122 valence electrons. The maximum absolute atomic E-state index is 13.3. The van der Waals surface area contributed by atoms with Gasteiger partial charge in [0.1, 0.15) is 22.8 Å². The summed E-state index contributed by atoms with van der Waals surface area (Å²) in [4.78, 5) is 14.6. The number of ether oxygens (including phenoxy) is 1. The van der Waals surface area contributed by atoms with Crippen molar-refractivity contribution in [3.05, 3.63) is 57.0 Å². The Labute approximate surface area is 137 Å². The molecule has 6 nitrogen and oxygen atoms in total. The number of hydrogen-bond acceptors (Lipinski definition) is 5. The van der Waals surface area contributed by atoms with Crippen molar-refractivity contribution in [3.63, 3.8) is 0 Å². The molecule has 1 aromatic carbocycles. The minimum Gasteiger partial charge on any atom is -0.494 e. The van der Waals surface area contributed by atoms with Crippen molar-refractivity contribution in [2.24, 2.45) is 5.73 Å². The third-order valence-corrected chi connectivity index (χ3v) is 3.60. The minimum atomic E-state index is -1.26. The standard InChI is InChI=1S/C15H15ClFN3O3/c1-15(18,8-20(21)22)13-6-5-12(23-2)14(19-13)9-3-4-11(17)10(16)7-9/h3-7H,8,18H2,1-2H3. The van der Waals surface area contributed by atoms with Gasteiger partial charge in [0.25, 0.3) is 0 Å². The molecular weight excluding hydrogens is 325 g/mol. The quantitative estimate of drug-likeness (QED) is 0.668. The molecule has 0 bridgehead atoms. The van der Waals surface area contributed by atoms with E-state index >= 15 is 0 Å². The van der Waals surface area contributed by atoms with Gasteiger partial charge in [-0.3, -0.25) is 10.1 Å². The molecule has 23 heavy (non-hydrogen) atoms. The summed E-state index contributed by atoms with van der Waals surface area (Å²) >= 11 is 5.80. The largest absolute Gasteiger partial charge is 0.494 e. The van der Waals surface area contributed by atoms with Crippen LogP contribution in [0.15, 0.2) is 30.3 Å². The lowest BCUT2D eigenvalue weighted by Crippen LogP contribution is -2.41. The molecule has 0 spiro atoms. The Hall–Kier alpha value is -2.25. The Bertz CT molecular complexity index is 753. The number of pyridine rings is 1. The summed E-state index contributed by atoms with van der Waals surface area (Å²) in [6.45, 7) is 1.04. The highest BCUT2D eigenvalue weighted by molar-refractivity contribution is 6.31. The monoisotopic (exact) mass is 339 g/mol. The van der Waals surface area contributed by atoms with E-state index in [0.717, 1.165) is 0 Å². The Kier molecular flexibility index (Phi) is 4.82. The van der Waals surface area contributed by atoms with Crippen LogP contribution >= 0.6 is 11.6 Å². The molecule has 1 aromatic heterocycles. The fraction of sp³-hybridized carbons (Fsp3) is 0.267. The number of benzene rings is 1. The molecule has 2 N–H and O–H groups in total. The summed E-state index contributed by atoms with van der Waals surface area (Å²) in [5.74, 6) is -0.129. The maximum atomic E-state index is 13.3. The molecule has 0 aliphatic heterocycles. The number of halogens is 2. The summed E-state index contributed by atoms with van der Waals surface area (Å²) < 4.78 is 18.6. The van der Waals surface area contributed by atoms with Gasteiger partial charge in [0.2, 0.25) is 6.54 Å². The molecule has 0 saturated carbocycles. The van der Waals surface area contributed by atoms with Crippen LogP contribution in [0.4, 0.5) is 4.39 Å². The summed E-state index contributed by atoms with van der Waals surface area (Å²) in [5.41, 5.74) is 5.97. The summed E-state index contributed by atoms with van der Waals surface area (Å²) in [6.07, 6.45) is 0. The van der Waals surface area contributed by atoms with Crippen LogP contribution in [0.5, 0.6) is 5.75 Å². The smallest absolute Gasteiger partial charge is 0.227 e. The molecule has 0 fully saturated rings. The van der Waals surface area contributed by atoms with Gasteiger partial charge in [-0.05, 0) is 37.3 Å². The van der Waals surface area contributed by atoms with Crippen molar-refractivity contribution in [1.82, 2.24) is 4.98 Å². The molecular formula is C15H15ClFN3O3. The molecule has 8 heteroatoms. The van der Waals surface area contributed by atoms with Crippen LogP contribution in [0.1, 0.15) is 12.6 Å². The summed E-state index contributed by atoms with van der Waals surface area (Å²) in [7, 11) is 1.46. The van der Waals surface area contributed by atoms with Gasteiger partial charge in [-0.25, -0.2) is 9.37 Å². The van der Waals surface area contributed by atoms with E-state index in [-0.39, 0.29) is 5.02 Å². The van der Waals surface area contributed by atoms with E-state index in [1.807, 2.05) is 0 Å². The Balaban J connectivity index is 2.55. The molecule has 1 heterocycles. The second-order valence-corrected chi connectivity index (χ2v) is 5.69. The average Bonchev–Trinajstić information content (AvgIpc) is 2.48. The zero-order valence-corrected chi connectivity index (χ0v) is 13.3. The number of nitrogens with two attached hydrogens (primary N) is 1. The third-order valence-electron chi connectivity index (χ3n) is 3.31. The number of aromatic nitrogens is 1. The number of methoxy groups -OCH3 is 1. The highest BCUT2D eigenvalue weighted by atomic mass is 35.5. The third kappa shape index (κ3) is 3.75. The fourth-order valence-electron chi connectivity index (χ4n) is 2.13. The molecule has 2 aromatic rings. The zero-order valence-electron chi connectivity index (χ0n) is 12.5. The van der Waals surface area contributed by atoms with Gasteiger partial charge >= 0.3 is 0 Å². The normalized spacial score (nSPS) is 13.4. The zero-order chi connectivity index (χ0) is 17.2. The molecule has 0 amide bonds. The number of nitrogens with zero attached hydrogens (tertiary/aromatic N) is 2. The molecule has 0 radical (unpaired) electrons. The number of nitro groups is 1. The van der Waals surface area contributed by atoms with Gasteiger partial charge in [-0.1, -0.05) is 11.6 Å². The van der Waals surface area contributed by atoms with Crippen LogP contribution in [0.25, 0.3) is 11.3 Å². The first-order valence-corrected chi connectivity index (χ1v) is 7.04. The van der Waals surface area contributed by atoms with E-state index in [1.54, 1.807) is 12.1 Å². The topological polar surface area (TPSA) is 91.3 Å². The number of hydrogen-bond donors (Lipinski definition) is 1. The molecule has 1 atom stereocenters. The molecule has 0 saturated heterocycles. The first-order valence-electron chi connectivity index (χ1n) is 6.66. The highest BCUT2D eigenvalue weighted by Gasteiger charge is 2.30.